The number of carbonyl (C=O) groups is 2. The maximum atomic E-state index is 12.5. The van der Waals surface area contributed by atoms with E-state index in [1.807, 2.05) is 6.07 Å². The van der Waals surface area contributed by atoms with Gasteiger partial charge in [-0.05, 0) is 43.2 Å². The number of methoxy groups -OCH3 is 2. The highest BCUT2D eigenvalue weighted by molar-refractivity contribution is 5.90. The first kappa shape index (κ1) is 21.8. The van der Waals surface area contributed by atoms with Crippen molar-refractivity contribution in [1.82, 2.24) is 15.1 Å². The van der Waals surface area contributed by atoms with Crippen molar-refractivity contribution in [3.8, 4) is 11.3 Å². The Kier molecular flexibility index (Phi) is 7.10. The van der Waals surface area contributed by atoms with Crippen LogP contribution in [0.15, 0.2) is 30.3 Å². The molecule has 0 spiro atoms. The van der Waals surface area contributed by atoms with E-state index in [9.17, 15) is 9.59 Å². The smallest absolute Gasteiger partial charge is 0.337 e. The summed E-state index contributed by atoms with van der Waals surface area (Å²) in [6.07, 6.45) is 3.10. The van der Waals surface area contributed by atoms with Crippen LogP contribution in [0.2, 0.25) is 0 Å². The third-order valence-corrected chi connectivity index (χ3v) is 5.75. The van der Waals surface area contributed by atoms with Gasteiger partial charge in [-0.2, -0.15) is 5.10 Å². The van der Waals surface area contributed by atoms with Crippen molar-refractivity contribution in [1.29, 1.82) is 0 Å². The van der Waals surface area contributed by atoms with Crippen LogP contribution in [0.5, 0.6) is 0 Å². The molecular formula is C22H30N4O4. The summed E-state index contributed by atoms with van der Waals surface area (Å²) < 4.78 is 11.5. The van der Waals surface area contributed by atoms with E-state index >= 15 is 0 Å². The Labute approximate surface area is 176 Å². The van der Waals surface area contributed by atoms with E-state index in [-0.39, 0.29) is 18.0 Å². The molecule has 0 bridgehead atoms. The lowest BCUT2D eigenvalue weighted by Gasteiger charge is -2.17. The minimum absolute atomic E-state index is 0.158. The van der Waals surface area contributed by atoms with E-state index < -0.39 is 0 Å². The van der Waals surface area contributed by atoms with E-state index in [2.05, 4.69) is 22.7 Å². The number of nitrogens with one attached hydrogen (secondary N) is 2. The van der Waals surface area contributed by atoms with Gasteiger partial charge in [-0.25, -0.2) is 9.59 Å². The number of urea groups is 1. The van der Waals surface area contributed by atoms with Gasteiger partial charge >= 0.3 is 12.0 Å². The second-order valence-corrected chi connectivity index (χ2v) is 7.91. The Morgan fingerprint density at radius 3 is 2.60 bits per heavy atom. The minimum atomic E-state index is -0.382. The van der Waals surface area contributed by atoms with Crippen molar-refractivity contribution < 1.29 is 19.1 Å². The first-order valence-electron chi connectivity index (χ1n) is 10.2. The highest BCUT2D eigenvalue weighted by atomic mass is 16.5. The van der Waals surface area contributed by atoms with Crippen LogP contribution in [0, 0.1) is 11.8 Å². The number of benzene rings is 1. The van der Waals surface area contributed by atoms with Crippen LogP contribution >= 0.6 is 0 Å². The summed E-state index contributed by atoms with van der Waals surface area (Å²) in [5.41, 5.74) is 2.03. The second-order valence-electron chi connectivity index (χ2n) is 7.91. The van der Waals surface area contributed by atoms with Gasteiger partial charge in [0.15, 0.2) is 0 Å². The number of nitrogens with zero attached hydrogens (tertiary/aromatic N) is 2. The fraction of sp³-hybridized carbons (Fsp3) is 0.500. The number of amides is 2. The summed E-state index contributed by atoms with van der Waals surface area (Å²) in [6.45, 7) is 2.94. The molecule has 0 radical (unpaired) electrons. The zero-order valence-corrected chi connectivity index (χ0v) is 18.0. The van der Waals surface area contributed by atoms with E-state index in [0.717, 1.165) is 31.4 Å². The van der Waals surface area contributed by atoms with E-state index in [0.29, 0.717) is 28.9 Å². The van der Waals surface area contributed by atoms with Crippen molar-refractivity contribution in [2.75, 3.05) is 26.1 Å². The number of ether oxygens (including phenoxy) is 2. The molecular weight excluding hydrogens is 384 g/mol. The average Bonchev–Trinajstić information content (AvgIpc) is 3.28. The van der Waals surface area contributed by atoms with Gasteiger partial charge in [0, 0.05) is 38.4 Å². The number of aromatic nitrogens is 2. The molecule has 3 atom stereocenters. The van der Waals surface area contributed by atoms with Gasteiger partial charge in [-0.15, -0.1) is 0 Å². The monoisotopic (exact) mass is 414 g/mol. The lowest BCUT2D eigenvalue weighted by atomic mass is 10.0. The van der Waals surface area contributed by atoms with Crippen LogP contribution in [0.4, 0.5) is 10.6 Å². The van der Waals surface area contributed by atoms with Gasteiger partial charge in [0.1, 0.15) is 5.82 Å². The first-order valence-corrected chi connectivity index (χ1v) is 10.2. The number of esters is 1. The highest BCUT2D eigenvalue weighted by Gasteiger charge is 2.32. The number of hydrogen-bond donors (Lipinski definition) is 2. The molecule has 30 heavy (non-hydrogen) atoms. The number of aryl methyl sites for hydroxylation is 1. The molecule has 1 fully saturated rings. The van der Waals surface area contributed by atoms with Crippen LogP contribution in [-0.2, 0) is 16.5 Å². The van der Waals surface area contributed by atoms with E-state index in [1.165, 1.54) is 7.11 Å². The lowest BCUT2D eigenvalue weighted by Crippen LogP contribution is -2.39. The van der Waals surface area contributed by atoms with Gasteiger partial charge in [0.05, 0.1) is 18.4 Å². The Hall–Kier alpha value is -2.87. The molecule has 1 saturated carbocycles. The van der Waals surface area contributed by atoms with Crippen LogP contribution in [0.25, 0.3) is 11.3 Å². The number of carbonyl (C=O) groups excluding carboxylic acids is 2. The number of hydrogen-bond acceptors (Lipinski definition) is 5. The second kappa shape index (κ2) is 9.75. The van der Waals surface area contributed by atoms with Gasteiger partial charge in [-0.3, -0.25) is 10.00 Å². The molecule has 1 aliphatic rings. The SMILES string of the molecule is COCC[C@H]1C[C@@H](C)[C@H](NC(=O)Nc2cc(-c3ccc(C(=O)OC)cc3)nn2C)C1. The van der Waals surface area contributed by atoms with Crippen LogP contribution < -0.4 is 10.6 Å². The van der Waals surface area contributed by atoms with Crippen molar-refractivity contribution in [3.05, 3.63) is 35.9 Å². The number of rotatable bonds is 7. The molecule has 8 heteroatoms. The summed E-state index contributed by atoms with van der Waals surface area (Å²) in [4.78, 5) is 24.1. The molecule has 8 nitrogen and oxygen atoms in total. The molecule has 2 aromatic rings. The maximum absolute atomic E-state index is 12.5. The van der Waals surface area contributed by atoms with E-state index in [4.69, 9.17) is 9.47 Å². The summed E-state index contributed by atoms with van der Waals surface area (Å²) in [5, 5.41) is 10.5. The molecule has 1 heterocycles. The summed E-state index contributed by atoms with van der Waals surface area (Å²) >= 11 is 0. The zero-order valence-electron chi connectivity index (χ0n) is 18.0. The van der Waals surface area contributed by atoms with Gasteiger partial charge in [0.2, 0.25) is 0 Å². The summed E-state index contributed by atoms with van der Waals surface area (Å²) in [6, 6.07) is 8.73. The fourth-order valence-electron chi connectivity index (χ4n) is 4.04. The average molecular weight is 415 g/mol. The molecule has 1 aromatic carbocycles. The van der Waals surface area contributed by atoms with Crippen molar-refractivity contribution in [3.63, 3.8) is 0 Å². The molecule has 162 valence electrons. The molecule has 2 amide bonds. The van der Waals surface area contributed by atoms with Crippen molar-refractivity contribution >= 4 is 17.8 Å². The van der Waals surface area contributed by atoms with Crippen molar-refractivity contribution in [2.24, 2.45) is 18.9 Å². The van der Waals surface area contributed by atoms with E-state index in [1.54, 1.807) is 43.1 Å². The third kappa shape index (κ3) is 5.18. The largest absolute Gasteiger partial charge is 0.465 e. The summed E-state index contributed by atoms with van der Waals surface area (Å²) in [7, 11) is 4.85. The number of anilines is 1. The Balaban J connectivity index is 1.60. The van der Waals surface area contributed by atoms with Crippen LogP contribution in [0.3, 0.4) is 0 Å². The molecule has 0 aliphatic heterocycles. The summed E-state index contributed by atoms with van der Waals surface area (Å²) in [5.74, 6) is 1.24. The standard InChI is InChI=1S/C22H30N4O4/c1-14-11-15(9-10-29-3)12-18(14)23-22(28)24-20-13-19(25-26(20)2)16-5-7-17(8-6-16)21(27)30-4/h5-8,13-15,18H,9-12H2,1-4H3,(H2,23,24,28)/t14-,15+,18-/m1/s1. The van der Waals surface area contributed by atoms with Crippen molar-refractivity contribution in [2.45, 2.75) is 32.2 Å². The Morgan fingerprint density at radius 2 is 1.93 bits per heavy atom. The van der Waals surface area contributed by atoms with Crippen LogP contribution in [0.1, 0.15) is 36.5 Å². The Morgan fingerprint density at radius 1 is 1.20 bits per heavy atom. The predicted molar refractivity (Wildman–Crippen MR) is 114 cm³/mol. The van der Waals surface area contributed by atoms with Gasteiger partial charge in [0.25, 0.3) is 0 Å². The lowest BCUT2D eigenvalue weighted by molar-refractivity contribution is 0.0600. The molecule has 0 saturated heterocycles. The normalized spacial score (nSPS) is 20.7. The molecule has 3 rings (SSSR count). The molecule has 2 N–H and O–H groups in total. The topological polar surface area (TPSA) is 94.5 Å². The molecule has 0 unspecified atom stereocenters. The quantitative estimate of drug-likeness (QED) is 0.677. The first-order chi connectivity index (χ1) is 14.4. The highest BCUT2D eigenvalue weighted by Crippen LogP contribution is 2.33. The minimum Gasteiger partial charge on any atom is -0.465 e. The van der Waals surface area contributed by atoms with Crippen LogP contribution in [-0.4, -0.2) is 48.6 Å². The third-order valence-electron chi connectivity index (χ3n) is 5.75. The predicted octanol–water partition coefficient (Wildman–Crippen LogP) is 3.45. The zero-order chi connectivity index (χ0) is 21.7. The molecule has 1 aliphatic carbocycles. The Bertz CT molecular complexity index is 878. The van der Waals surface area contributed by atoms with Gasteiger partial charge in [-0.1, -0.05) is 19.1 Å². The molecule has 1 aromatic heterocycles. The fourth-order valence-corrected chi connectivity index (χ4v) is 4.04. The maximum Gasteiger partial charge on any atom is 0.337 e. The van der Waals surface area contributed by atoms with Gasteiger partial charge < -0.3 is 14.8 Å².